The van der Waals surface area contributed by atoms with Gasteiger partial charge >= 0.3 is 0 Å². The molecule has 0 spiro atoms. The van der Waals surface area contributed by atoms with E-state index in [1.807, 2.05) is 60.0 Å². The SMILES string of the molecule is Cc1ccc(C(=O)N2CCc3c(c(COc4ccccn4)nn3C)C2)cc1C. The van der Waals surface area contributed by atoms with Crippen molar-refractivity contribution in [3.63, 3.8) is 0 Å². The van der Waals surface area contributed by atoms with E-state index in [1.54, 1.807) is 6.20 Å². The van der Waals surface area contributed by atoms with Crippen LogP contribution in [0.3, 0.4) is 0 Å². The normalized spacial score (nSPS) is 13.3. The lowest BCUT2D eigenvalue weighted by Gasteiger charge is -2.28. The van der Waals surface area contributed by atoms with E-state index >= 15 is 0 Å². The van der Waals surface area contributed by atoms with E-state index in [0.29, 0.717) is 25.6 Å². The minimum atomic E-state index is 0.0641. The molecule has 6 nitrogen and oxygen atoms in total. The van der Waals surface area contributed by atoms with Crippen molar-refractivity contribution in [1.29, 1.82) is 0 Å². The third-order valence-electron chi connectivity index (χ3n) is 5.36. The van der Waals surface area contributed by atoms with E-state index in [9.17, 15) is 4.79 Å². The van der Waals surface area contributed by atoms with Crippen molar-refractivity contribution in [1.82, 2.24) is 19.7 Å². The molecular weight excluding hydrogens is 352 g/mol. The van der Waals surface area contributed by atoms with Gasteiger partial charge in [0, 0.05) is 55.6 Å². The van der Waals surface area contributed by atoms with E-state index in [4.69, 9.17) is 4.74 Å². The van der Waals surface area contributed by atoms with Crippen LogP contribution in [0.25, 0.3) is 0 Å². The van der Waals surface area contributed by atoms with E-state index in [-0.39, 0.29) is 5.91 Å². The first-order chi connectivity index (χ1) is 13.5. The molecule has 0 aliphatic carbocycles. The van der Waals surface area contributed by atoms with Gasteiger partial charge in [0.25, 0.3) is 5.91 Å². The van der Waals surface area contributed by atoms with Crippen LogP contribution in [0.1, 0.15) is 38.4 Å². The highest BCUT2D eigenvalue weighted by Gasteiger charge is 2.27. The molecule has 0 N–H and O–H groups in total. The molecule has 1 aromatic carbocycles. The average molecular weight is 376 g/mol. The number of rotatable bonds is 4. The van der Waals surface area contributed by atoms with Crippen LogP contribution in [0, 0.1) is 13.8 Å². The predicted octanol–water partition coefficient (Wildman–Crippen LogP) is 3.21. The average Bonchev–Trinajstić information content (AvgIpc) is 3.04. The third-order valence-corrected chi connectivity index (χ3v) is 5.36. The molecule has 0 bridgehead atoms. The predicted molar refractivity (Wildman–Crippen MR) is 106 cm³/mol. The summed E-state index contributed by atoms with van der Waals surface area (Å²) in [7, 11) is 1.95. The number of ether oxygens (including phenoxy) is 1. The number of benzene rings is 1. The van der Waals surface area contributed by atoms with Crippen molar-refractivity contribution in [3.05, 3.63) is 76.2 Å². The molecule has 0 radical (unpaired) electrons. The molecule has 0 atom stereocenters. The molecule has 0 unspecified atom stereocenters. The van der Waals surface area contributed by atoms with Crippen molar-refractivity contribution in [2.24, 2.45) is 7.05 Å². The van der Waals surface area contributed by atoms with Gasteiger partial charge in [0.15, 0.2) is 0 Å². The summed E-state index contributed by atoms with van der Waals surface area (Å²) in [6, 6.07) is 11.5. The first-order valence-corrected chi connectivity index (χ1v) is 9.47. The highest BCUT2D eigenvalue weighted by Crippen LogP contribution is 2.25. The van der Waals surface area contributed by atoms with Gasteiger partial charge in [-0.15, -0.1) is 0 Å². The van der Waals surface area contributed by atoms with Crippen LogP contribution in [0.2, 0.25) is 0 Å². The Morgan fingerprint density at radius 2 is 2.04 bits per heavy atom. The Morgan fingerprint density at radius 1 is 1.18 bits per heavy atom. The second-order valence-electron chi connectivity index (χ2n) is 7.23. The molecule has 2 aromatic heterocycles. The van der Waals surface area contributed by atoms with Crippen molar-refractivity contribution in [2.45, 2.75) is 33.4 Å². The molecule has 0 fully saturated rings. The summed E-state index contributed by atoms with van der Waals surface area (Å²) >= 11 is 0. The zero-order chi connectivity index (χ0) is 19.7. The van der Waals surface area contributed by atoms with E-state index in [2.05, 4.69) is 17.0 Å². The molecule has 0 saturated carbocycles. The molecule has 6 heteroatoms. The van der Waals surface area contributed by atoms with Crippen molar-refractivity contribution >= 4 is 5.91 Å². The second-order valence-corrected chi connectivity index (χ2v) is 7.23. The van der Waals surface area contributed by atoms with E-state index in [0.717, 1.165) is 28.8 Å². The number of hydrogen-bond donors (Lipinski definition) is 0. The van der Waals surface area contributed by atoms with Crippen molar-refractivity contribution < 1.29 is 9.53 Å². The monoisotopic (exact) mass is 376 g/mol. The fraction of sp³-hybridized carbons (Fsp3) is 0.318. The van der Waals surface area contributed by atoms with Crippen molar-refractivity contribution in [2.75, 3.05) is 6.54 Å². The summed E-state index contributed by atoms with van der Waals surface area (Å²) in [4.78, 5) is 19.1. The minimum absolute atomic E-state index is 0.0641. The van der Waals surface area contributed by atoms with Crippen LogP contribution < -0.4 is 4.74 Å². The number of carbonyl (C=O) groups excluding carboxylic acids is 1. The number of pyridine rings is 1. The molecule has 3 aromatic rings. The summed E-state index contributed by atoms with van der Waals surface area (Å²) in [5.74, 6) is 0.634. The zero-order valence-corrected chi connectivity index (χ0v) is 16.5. The summed E-state index contributed by atoms with van der Waals surface area (Å²) in [6.07, 6.45) is 2.49. The third kappa shape index (κ3) is 3.50. The first kappa shape index (κ1) is 18.2. The van der Waals surface area contributed by atoms with Gasteiger partial charge in [-0.2, -0.15) is 5.10 Å². The van der Waals surface area contributed by atoms with Gasteiger partial charge in [0.05, 0.1) is 0 Å². The maximum absolute atomic E-state index is 13.0. The Bertz CT molecular complexity index is 1010. The Kier molecular flexibility index (Phi) is 4.86. The maximum Gasteiger partial charge on any atom is 0.254 e. The van der Waals surface area contributed by atoms with Crippen molar-refractivity contribution in [3.8, 4) is 5.88 Å². The van der Waals surface area contributed by atoms with Crippen LogP contribution in [-0.4, -0.2) is 32.1 Å². The second kappa shape index (κ2) is 7.46. The summed E-state index contributed by atoms with van der Waals surface area (Å²) in [6.45, 7) is 5.68. The molecule has 1 amide bonds. The summed E-state index contributed by atoms with van der Waals surface area (Å²) < 4.78 is 7.70. The molecule has 1 aliphatic rings. The van der Waals surface area contributed by atoms with Gasteiger partial charge in [0.1, 0.15) is 12.3 Å². The molecule has 28 heavy (non-hydrogen) atoms. The first-order valence-electron chi connectivity index (χ1n) is 9.47. The Morgan fingerprint density at radius 3 is 2.79 bits per heavy atom. The minimum Gasteiger partial charge on any atom is -0.471 e. The molecule has 0 saturated heterocycles. The summed E-state index contributed by atoms with van der Waals surface area (Å²) in [5, 5.41) is 4.63. The largest absolute Gasteiger partial charge is 0.471 e. The van der Waals surface area contributed by atoms with E-state index in [1.165, 1.54) is 11.3 Å². The molecule has 1 aliphatic heterocycles. The Labute approximate surface area is 164 Å². The molecule has 144 valence electrons. The lowest BCUT2D eigenvalue weighted by Crippen LogP contribution is -2.36. The fourth-order valence-electron chi connectivity index (χ4n) is 3.59. The van der Waals surface area contributed by atoms with Gasteiger partial charge in [-0.3, -0.25) is 9.48 Å². The highest BCUT2D eigenvalue weighted by atomic mass is 16.5. The summed E-state index contributed by atoms with van der Waals surface area (Å²) in [5.41, 5.74) is 6.18. The molecular formula is C22H24N4O2. The Balaban J connectivity index is 1.53. The van der Waals surface area contributed by atoms with Crippen LogP contribution in [0.5, 0.6) is 5.88 Å². The quantitative estimate of drug-likeness (QED) is 0.702. The van der Waals surface area contributed by atoms with Crippen LogP contribution in [-0.2, 0) is 26.6 Å². The lowest BCUT2D eigenvalue weighted by atomic mass is 10.0. The van der Waals surface area contributed by atoms with E-state index < -0.39 is 0 Å². The maximum atomic E-state index is 13.0. The van der Waals surface area contributed by atoms with Crippen LogP contribution >= 0.6 is 0 Å². The topological polar surface area (TPSA) is 60.3 Å². The molecule has 3 heterocycles. The van der Waals surface area contributed by atoms with Gasteiger partial charge in [-0.25, -0.2) is 4.98 Å². The van der Waals surface area contributed by atoms with Gasteiger partial charge in [0.2, 0.25) is 5.88 Å². The lowest BCUT2D eigenvalue weighted by molar-refractivity contribution is 0.0732. The standard InChI is InChI=1S/C22H24N4O2/c1-15-7-8-17(12-16(15)2)22(27)26-11-9-20-18(13-26)19(24-25(20)3)14-28-21-6-4-5-10-23-21/h4-8,10,12H,9,11,13-14H2,1-3H3. The Hall–Kier alpha value is -3.15. The van der Waals surface area contributed by atoms with Crippen LogP contribution in [0.4, 0.5) is 0 Å². The number of aromatic nitrogens is 3. The number of fused-ring (bicyclic) bond motifs is 1. The number of carbonyl (C=O) groups is 1. The van der Waals surface area contributed by atoms with Crippen LogP contribution in [0.15, 0.2) is 42.6 Å². The highest BCUT2D eigenvalue weighted by molar-refractivity contribution is 5.94. The van der Waals surface area contributed by atoms with Gasteiger partial charge in [-0.1, -0.05) is 12.1 Å². The number of nitrogens with zero attached hydrogens (tertiary/aromatic N) is 4. The van der Waals surface area contributed by atoms with Gasteiger partial charge in [-0.05, 0) is 43.2 Å². The smallest absolute Gasteiger partial charge is 0.254 e. The van der Waals surface area contributed by atoms with Gasteiger partial charge < -0.3 is 9.64 Å². The number of hydrogen-bond acceptors (Lipinski definition) is 4. The molecule has 4 rings (SSSR count). The number of amides is 1. The zero-order valence-electron chi connectivity index (χ0n) is 16.5. The fourth-order valence-corrected chi connectivity index (χ4v) is 3.59. The number of aryl methyl sites for hydroxylation is 3.